The Morgan fingerprint density at radius 3 is 2.73 bits per heavy atom. The van der Waals surface area contributed by atoms with E-state index in [1.807, 2.05) is 6.92 Å². The predicted molar refractivity (Wildman–Crippen MR) is 97.3 cm³/mol. The van der Waals surface area contributed by atoms with Gasteiger partial charge in [-0.2, -0.15) is 0 Å². The molecule has 1 amide bonds. The third-order valence-electron chi connectivity index (χ3n) is 3.92. The van der Waals surface area contributed by atoms with Gasteiger partial charge in [-0.15, -0.1) is 0 Å². The summed E-state index contributed by atoms with van der Waals surface area (Å²) in [6, 6.07) is 1.83. The molecule has 2 aromatic heterocycles. The topological polar surface area (TPSA) is 115 Å². The number of nitrogens with zero attached hydrogens (tertiary/aromatic N) is 2. The number of carbonyl (C=O) groups excluding carboxylic acids is 2. The van der Waals surface area contributed by atoms with E-state index < -0.39 is 11.9 Å². The summed E-state index contributed by atoms with van der Waals surface area (Å²) in [5.41, 5.74) is 1.75. The molecule has 0 aliphatic rings. The molecule has 26 heavy (non-hydrogen) atoms. The molecule has 2 heterocycles. The summed E-state index contributed by atoms with van der Waals surface area (Å²) < 4.78 is 11.3. The van der Waals surface area contributed by atoms with E-state index >= 15 is 0 Å². The van der Waals surface area contributed by atoms with E-state index in [1.54, 1.807) is 23.9 Å². The first kappa shape index (κ1) is 19.7. The molecule has 1 atom stereocenters. The van der Waals surface area contributed by atoms with E-state index in [4.69, 9.17) is 14.6 Å². The van der Waals surface area contributed by atoms with E-state index in [2.05, 4.69) is 15.6 Å². The number of hydrogen-bond acceptors (Lipinski definition) is 7. The highest BCUT2D eigenvalue weighted by molar-refractivity contribution is 6.11. The van der Waals surface area contributed by atoms with Crippen LogP contribution in [0.15, 0.2) is 12.3 Å². The quantitative estimate of drug-likeness (QED) is 0.602. The lowest BCUT2D eigenvalue weighted by molar-refractivity contribution is -0.119. The minimum absolute atomic E-state index is 0.0366. The summed E-state index contributed by atoms with van der Waals surface area (Å²) in [6.07, 6.45) is 2.22. The van der Waals surface area contributed by atoms with Gasteiger partial charge in [-0.05, 0) is 19.4 Å². The van der Waals surface area contributed by atoms with Crippen molar-refractivity contribution < 1.29 is 24.2 Å². The van der Waals surface area contributed by atoms with E-state index in [0.717, 1.165) is 0 Å². The SMILES string of the molecule is COCC(=O)Nc1c(C(=O)OC)n(C)c2ncc(N[C@@H](C)CCO)cc12. The molecule has 0 radical (unpaired) electrons. The minimum Gasteiger partial charge on any atom is -0.464 e. The van der Waals surface area contributed by atoms with Crippen molar-refractivity contribution in [3.05, 3.63) is 18.0 Å². The van der Waals surface area contributed by atoms with Crippen molar-refractivity contribution in [2.24, 2.45) is 7.05 Å². The molecule has 0 spiro atoms. The Bertz CT molecular complexity index is 802. The second-order valence-corrected chi connectivity index (χ2v) is 5.91. The molecule has 0 unspecified atom stereocenters. The number of amides is 1. The maximum absolute atomic E-state index is 12.2. The highest BCUT2D eigenvalue weighted by atomic mass is 16.5. The number of methoxy groups -OCH3 is 2. The third-order valence-corrected chi connectivity index (χ3v) is 3.92. The molecule has 3 N–H and O–H groups in total. The number of aliphatic hydroxyl groups is 1. The van der Waals surface area contributed by atoms with Crippen LogP contribution in [0.25, 0.3) is 11.0 Å². The van der Waals surface area contributed by atoms with Crippen LogP contribution in [-0.4, -0.2) is 60.0 Å². The molecule has 0 fully saturated rings. The molecule has 9 nitrogen and oxygen atoms in total. The van der Waals surface area contributed by atoms with Crippen LogP contribution in [0.4, 0.5) is 11.4 Å². The van der Waals surface area contributed by atoms with Gasteiger partial charge in [0.1, 0.15) is 12.3 Å². The number of aryl methyl sites for hydroxylation is 1. The van der Waals surface area contributed by atoms with Crippen molar-refractivity contribution in [2.75, 3.05) is 38.1 Å². The first-order valence-electron chi connectivity index (χ1n) is 8.15. The van der Waals surface area contributed by atoms with Crippen LogP contribution in [0.5, 0.6) is 0 Å². The average molecular weight is 364 g/mol. The number of rotatable bonds is 8. The molecule has 0 aliphatic carbocycles. The fraction of sp³-hybridized carbons (Fsp3) is 0.471. The first-order chi connectivity index (χ1) is 12.4. The monoisotopic (exact) mass is 364 g/mol. The van der Waals surface area contributed by atoms with Crippen molar-refractivity contribution >= 4 is 34.3 Å². The van der Waals surface area contributed by atoms with E-state index in [9.17, 15) is 9.59 Å². The lowest BCUT2D eigenvalue weighted by atomic mass is 10.2. The van der Waals surface area contributed by atoms with Gasteiger partial charge in [-0.3, -0.25) is 4.79 Å². The van der Waals surface area contributed by atoms with Crippen LogP contribution in [0.2, 0.25) is 0 Å². The molecule has 0 bridgehead atoms. The number of nitrogens with one attached hydrogen (secondary N) is 2. The van der Waals surface area contributed by atoms with Gasteiger partial charge >= 0.3 is 5.97 Å². The maximum Gasteiger partial charge on any atom is 0.356 e. The fourth-order valence-electron chi connectivity index (χ4n) is 2.71. The Hall–Kier alpha value is -2.65. The molecule has 142 valence electrons. The summed E-state index contributed by atoms with van der Waals surface area (Å²) in [4.78, 5) is 28.6. The van der Waals surface area contributed by atoms with E-state index in [-0.39, 0.29) is 24.9 Å². The van der Waals surface area contributed by atoms with Crippen molar-refractivity contribution in [1.29, 1.82) is 0 Å². The number of esters is 1. The lowest BCUT2D eigenvalue weighted by Crippen LogP contribution is -2.19. The van der Waals surface area contributed by atoms with Gasteiger partial charge in [0.15, 0.2) is 5.69 Å². The number of hydrogen-bond donors (Lipinski definition) is 3. The molecule has 0 aliphatic heterocycles. The lowest BCUT2D eigenvalue weighted by Gasteiger charge is -2.13. The predicted octanol–water partition coefficient (Wildman–Crippen LogP) is 1.13. The van der Waals surface area contributed by atoms with Crippen molar-refractivity contribution in [2.45, 2.75) is 19.4 Å². The smallest absolute Gasteiger partial charge is 0.356 e. The fourth-order valence-corrected chi connectivity index (χ4v) is 2.71. The van der Waals surface area contributed by atoms with Crippen molar-refractivity contribution in [3.8, 4) is 0 Å². The van der Waals surface area contributed by atoms with E-state index in [1.165, 1.54) is 14.2 Å². The van der Waals surface area contributed by atoms with Crippen LogP contribution in [0, 0.1) is 0 Å². The molecular weight excluding hydrogens is 340 g/mol. The molecule has 9 heteroatoms. The maximum atomic E-state index is 12.2. The average Bonchev–Trinajstić information content (AvgIpc) is 2.86. The summed E-state index contributed by atoms with van der Waals surface area (Å²) in [5.74, 6) is -0.974. The van der Waals surface area contributed by atoms with Gasteiger partial charge in [0.25, 0.3) is 0 Å². The largest absolute Gasteiger partial charge is 0.464 e. The second kappa shape index (κ2) is 8.63. The first-order valence-corrected chi connectivity index (χ1v) is 8.15. The molecule has 2 rings (SSSR count). The van der Waals surface area contributed by atoms with Gasteiger partial charge in [0.2, 0.25) is 5.91 Å². The highest BCUT2D eigenvalue weighted by Crippen LogP contribution is 2.31. The normalized spacial score (nSPS) is 12.0. The van der Waals surface area contributed by atoms with Crippen LogP contribution in [0.1, 0.15) is 23.8 Å². The molecule has 2 aromatic rings. The number of pyridine rings is 1. The van der Waals surface area contributed by atoms with Crippen LogP contribution >= 0.6 is 0 Å². The third kappa shape index (κ3) is 4.12. The Morgan fingerprint density at radius 2 is 2.12 bits per heavy atom. The van der Waals surface area contributed by atoms with Gasteiger partial charge in [0, 0.05) is 32.2 Å². The summed E-state index contributed by atoms with van der Waals surface area (Å²) >= 11 is 0. The Balaban J connectivity index is 2.53. The summed E-state index contributed by atoms with van der Waals surface area (Å²) in [7, 11) is 4.36. The zero-order valence-corrected chi connectivity index (χ0v) is 15.3. The van der Waals surface area contributed by atoms with Gasteiger partial charge in [-0.25, -0.2) is 9.78 Å². The Labute approximate surface area is 151 Å². The van der Waals surface area contributed by atoms with Gasteiger partial charge in [0.05, 0.1) is 24.7 Å². The summed E-state index contributed by atoms with van der Waals surface area (Å²) in [6.45, 7) is 1.86. The Morgan fingerprint density at radius 1 is 1.38 bits per heavy atom. The number of carbonyl (C=O) groups is 2. The number of fused-ring (bicyclic) bond motifs is 1. The molecular formula is C17H24N4O5. The van der Waals surface area contributed by atoms with Crippen LogP contribution < -0.4 is 10.6 Å². The number of aromatic nitrogens is 2. The molecule has 0 saturated heterocycles. The minimum atomic E-state index is -0.582. The van der Waals surface area contributed by atoms with Gasteiger partial charge in [-0.1, -0.05) is 0 Å². The number of anilines is 2. The van der Waals surface area contributed by atoms with Crippen LogP contribution in [0.3, 0.4) is 0 Å². The van der Waals surface area contributed by atoms with Crippen molar-refractivity contribution in [1.82, 2.24) is 9.55 Å². The zero-order chi connectivity index (χ0) is 19.3. The summed E-state index contributed by atoms with van der Waals surface area (Å²) in [5, 5.41) is 15.6. The number of ether oxygens (including phenoxy) is 2. The second-order valence-electron chi connectivity index (χ2n) is 5.91. The van der Waals surface area contributed by atoms with E-state index in [0.29, 0.717) is 28.8 Å². The van der Waals surface area contributed by atoms with Gasteiger partial charge < -0.3 is 29.8 Å². The molecule has 0 saturated carbocycles. The van der Waals surface area contributed by atoms with Crippen LogP contribution in [-0.2, 0) is 21.3 Å². The standard InChI is InChI=1S/C17H24N4O5/c1-10(5-6-22)19-11-7-12-14(20-13(23)9-25-3)15(17(24)26-4)21(2)16(12)18-8-11/h7-8,10,19,22H,5-6,9H2,1-4H3,(H,20,23)/t10-/m0/s1. The molecule has 0 aromatic carbocycles. The zero-order valence-electron chi connectivity index (χ0n) is 15.3. The number of aliphatic hydroxyl groups excluding tert-OH is 1. The van der Waals surface area contributed by atoms with Crippen molar-refractivity contribution in [3.63, 3.8) is 0 Å². The Kier molecular flexibility index (Phi) is 6.53. The highest BCUT2D eigenvalue weighted by Gasteiger charge is 2.24.